The van der Waals surface area contributed by atoms with E-state index in [1.807, 2.05) is 6.92 Å². The number of unbranched alkanes of at least 4 members (excludes halogenated alkanes) is 20. The molecule has 0 radical (unpaired) electrons. The lowest BCUT2D eigenvalue weighted by atomic mass is 9.99. The first-order chi connectivity index (χ1) is 25.9. The maximum absolute atomic E-state index is 12.9. The lowest BCUT2D eigenvalue weighted by Crippen LogP contribution is -2.61. The summed E-state index contributed by atoms with van der Waals surface area (Å²) in [5.74, 6) is -0.685. The highest BCUT2D eigenvalue weighted by Gasteiger charge is 2.48. The Morgan fingerprint density at radius 1 is 0.722 bits per heavy atom. The zero-order chi connectivity index (χ0) is 40.0. The standard InChI is InChI=1S/C40H77NO12S/c1-3-5-7-8-9-10-11-12-13-14-15-16-17-18-19-20-21-22-23-24-25-27-29-34(44)39(47)41-32(33(43)28-26-6-4-2)31-51-40-37(46)38(53-54(48,49)50)36(45)35(30-42)52-40/h18-19,32-38,40,42-46H,3-17,20-31H2,1-2H3,(H,41,47)(H,48,49,50)/b19-18-. The summed E-state index contributed by atoms with van der Waals surface area (Å²) in [5.41, 5.74) is 0. The monoisotopic (exact) mass is 796 g/mol. The van der Waals surface area contributed by atoms with Gasteiger partial charge in [0.1, 0.15) is 30.5 Å². The molecular weight excluding hydrogens is 719 g/mol. The fourth-order valence-corrected chi connectivity index (χ4v) is 7.26. The highest BCUT2D eigenvalue weighted by molar-refractivity contribution is 7.80. The third-order valence-electron chi connectivity index (χ3n) is 10.2. The number of carbonyl (C=O) groups is 1. The Kier molecular flexibility index (Phi) is 30.0. The van der Waals surface area contributed by atoms with E-state index < -0.39 is 78.5 Å². The van der Waals surface area contributed by atoms with Crippen LogP contribution in [0.15, 0.2) is 12.2 Å². The molecule has 1 saturated heterocycles. The number of rotatable bonds is 35. The van der Waals surface area contributed by atoms with Crippen LogP contribution in [-0.4, -0.2) is 107 Å². The second kappa shape index (κ2) is 31.8. The lowest BCUT2D eigenvalue weighted by molar-refractivity contribution is -0.298. The van der Waals surface area contributed by atoms with Crippen LogP contribution in [0.5, 0.6) is 0 Å². The molecule has 1 rings (SSSR count). The second-order valence-electron chi connectivity index (χ2n) is 15.1. The number of allylic oxidation sites excluding steroid dienone is 2. The minimum atomic E-state index is -5.09. The van der Waals surface area contributed by atoms with E-state index in [1.165, 1.54) is 83.5 Å². The molecule has 1 fully saturated rings. The van der Waals surface area contributed by atoms with Crippen molar-refractivity contribution in [1.29, 1.82) is 0 Å². The third kappa shape index (κ3) is 24.4. The maximum atomic E-state index is 12.9. The fraction of sp³-hybridized carbons (Fsp3) is 0.925. The number of hydrogen-bond donors (Lipinski definition) is 7. The first kappa shape index (κ1) is 50.8. The Labute approximate surface area is 326 Å². The minimum Gasteiger partial charge on any atom is -0.394 e. The molecule has 0 aromatic heterocycles. The van der Waals surface area contributed by atoms with Gasteiger partial charge in [0.2, 0.25) is 5.91 Å². The number of carbonyl (C=O) groups excluding carboxylic acids is 1. The summed E-state index contributed by atoms with van der Waals surface area (Å²) in [7, 11) is -5.09. The molecule has 0 aliphatic carbocycles. The van der Waals surface area contributed by atoms with Gasteiger partial charge < -0.3 is 40.3 Å². The van der Waals surface area contributed by atoms with Gasteiger partial charge in [-0.05, 0) is 38.5 Å². The molecule has 0 spiro atoms. The molecule has 1 heterocycles. The summed E-state index contributed by atoms with van der Waals surface area (Å²) in [6.07, 6.45) is 21.1. The van der Waals surface area contributed by atoms with E-state index in [0.29, 0.717) is 19.3 Å². The summed E-state index contributed by atoms with van der Waals surface area (Å²) >= 11 is 0. The van der Waals surface area contributed by atoms with Gasteiger partial charge in [-0.2, -0.15) is 8.42 Å². The smallest absolute Gasteiger partial charge is 0.394 e. The molecule has 1 aliphatic heterocycles. The average molecular weight is 796 g/mol. The van der Waals surface area contributed by atoms with Crippen LogP contribution < -0.4 is 5.32 Å². The normalized spacial score (nSPS) is 22.4. The van der Waals surface area contributed by atoms with E-state index in [4.69, 9.17) is 14.0 Å². The van der Waals surface area contributed by atoms with Gasteiger partial charge in [-0.1, -0.05) is 148 Å². The summed E-state index contributed by atoms with van der Waals surface area (Å²) in [6, 6.07) is -1.03. The van der Waals surface area contributed by atoms with E-state index in [2.05, 4.69) is 28.6 Å². The van der Waals surface area contributed by atoms with Crippen LogP contribution in [0.1, 0.15) is 174 Å². The van der Waals surface area contributed by atoms with Gasteiger partial charge in [-0.3, -0.25) is 9.35 Å². The van der Waals surface area contributed by atoms with Crippen LogP contribution in [0, 0.1) is 0 Å². The maximum Gasteiger partial charge on any atom is 0.397 e. The Hall–Kier alpha value is -1.20. The van der Waals surface area contributed by atoms with E-state index >= 15 is 0 Å². The molecule has 14 heteroatoms. The van der Waals surface area contributed by atoms with E-state index in [1.54, 1.807) is 0 Å². The molecule has 0 bridgehead atoms. The number of aliphatic hydroxyl groups excluding tert-OH is 5. The van der Waals surface area contributed by atoms with Crippen LogP contribution in [0.2, 0.25) is 0 Å². The topological polar surface area (TPSA) is 212 Å². The molecule has 54 heavy (non-hydrogen) atoms. The van der Waals surface area contributed by atoms with Crippen molar-refractivity contribution in [2.24, 2.45) is 0 Å². The third-order valence-corrected chi connectivity index (χ3v) is 10.6. The van der Waals surface area contributed by atoms with Crippen LogP contribution in [-0.2, 0) is 28.9 Å². The quantitative estimate of drug-likeness (QED) is 0.0218. The molecular formula is C40H77NO12S. The van der Waals surface area contributed by atoms with Crippen molar-refractivity contribution in [3.8, 4) is 0 Å². The number of ether oxygens (including phenoxy) is 2. The zero-order valence-corrected chi connectivity index (χ0v) is 34.2. The van der Waals surface area contributed by atoms with E-state index in [-0.39, 0.29) is 6.42 Å². The minimum absolute atomic E-state index is 0.252. The van der Waals surface area contributed by atoms with Crippen molar-refractivity contribution in [3.63, 3.8) is 0 Å². The van der Waals surface area contributed by atoms with Crippen LogP contribution in [0.4, 0.5) is 0 Å². The van der Waals surface area contributed by atoms with Gasteiger partial charge in [-0.15, -0.1) is 0 Å². The van der Waals surface area contributed by atoms with Crippen molar-refractivity contribution in [1.82, 2.24) is 5.32 Å². The zero-order valence-electron chi connectivity index (χ0n) is 33.4. The van der Waals surface area contributed by atoms with Crippen molar-refractivity contribution in [2.45, 2.75) is 223 Å². The Morgan fingerprint density at radius 2 is 1.19 bits per heavy atom. The first-order valence-corrected chi connectivity index (χ1v) is 22.5. The predicted molar refractivity (Wildman–Crippen MR) is 210 cm³/mol. The number of nitrogens with one attached hydrogen (secondary N) is 1. The van der Waals surface area contributed by atoms with Crippen molar-refractivity contribution >= 4 is 16.3 Å². The molecule has 8 atom stereocenters. The highest BCUT2D eigenvalue weighted by Crippen LogP contribution is 2.26. The molecule has 320 valence electrons. The summed E-state index contributed by atoms with van der Waals surface area (Å²) < 4.78 is 47.0. The van der Waals surface area contributed by atoms with Crippen molar-refractivity contribution in [2.75, 3.05) is 13.2 Å². The van der Waals surface area contributed by atoms with Gasteiger partial charge in [0.05, 0.1) is 25.4 Å². The van der Waals surface area contributed by atoms with Gasteiger partial charge in [0.15, 0.2) is 6.29 Å². The Bertz CT molecular complexity index is 1050. The van der Waals surface area contributed by atoms with Gasteiger partial charge in [0, 0.05) is 0 Å². The summed E-state index contributed by atoms with van der Waals surface area (Å²) in [5, 5.41) is 54.5. The molecule has 8 unspecified atom stereocenters. The number of aliphatic hydroxyl groups is 5. The Morgan fingerprint density at radius 3 is 1.69 bits per heavy atom. The van der Waals surface area contributed by atoms with Crippen LogP contribution in [0.25, 0.3) is 0 Å². The lowest BCUT2D eigenvalue weighted by Gasteiger charge is -2.41. The summed E-state index contributed by atoms with van der Waals surface area (Å²) in [6.45, 7) is 3.06. The van der Waals surface area contributed by atoms with Crippen LogP contribution in [0.3, 0.4) is 0 Å². The molecule has 0 saturated carbocycles. The van der Waals surface area contributed by atoms with Crippen LogP contribution >= 0.6 is 0 Å². The first-order valence-electron chi connectivity index (χ1n) is 21.2. The largest absolute Gasteiger partial charge is 0.397 e. The fourth-order valence-electron chi connectivity index (χ4n) is 6.75. The predicted octanol–water partition coefficient (Wildman–Crippen LogP) is 6.19. The number of hydrogen-bond acceptors (Lipinski definition) is 11. The molecule has 0 aromatic carbocycles. The molecule has 13 nitrogen and oxygen atoms in total. The highest BCUT2D eigenvalue weighted by atomic mass is 32.3. The second-order valence-corrected chi connectivity index (χ2v) is 16.1. The van der Waals surface area contributed by atoms with E-state index in [9.17, 15) is 38.7 Å². The molecule has 7 N–H and O–H groups in total. The number of amides is 1. The van der Waals surface area contributed by atoms with Gasteiger partial charge in [-0.25, -0.2) is 4.18 Å². The Balaban J connectivity index is 2.31. The molecule has 1 amide bonds. The van der Waals surface area contributed by atoms with Crippen molar-refractivity contribution < 1.29 is 57.0 Å². The SMILES string of the molecule is CCCCCCCCCCCCCC/C=C\CCCCCCCCC(O)C(=O)NC(COC1OC(CO)C(O)C(OS(=O)(=O)O)C1O)C(O)CCCCC. The van der Waals surface area contributed by atoms with Gasteiger partial charge in [0.25, 0.3) is 0 Å². The van der Waals surface area contributed by atoms with Crippen molar-refractivity contribution in [3.05, 3.63) is 12.2 Å². The van der Waals surface area contributed by atoms with Gasteiger partial charge >= 0.3 is 10.4 Å². The molecule has 1 aliphatic rings. The van der Waals surface area contributed by atoms with E-state index in [0.717, 1.165) is 51.4 Å². The molecule has 0 aromatic rings. The summed E-state index contributed by atoms with van der Waals surface area (Å²) in [4.78, 5) is 12.9. The average Bonchev–Trinajstić information content (AvgIpc) is 3.13.